The highest BCUT2D eigenvalue weighted by atomic mass is 16.5. The maximum atomic E-state index is 5.47. The molecule has 1 aliphatic carbocycles. The molecule has 3 rings (SSSR count). The normalized spacial score (nSPS) is 22.3. The summed E-state index contributed by atoms with van der Waals surface area (Å²) in [6.07, 6.45) is 7.17. The van der Waals surface area contributed by atoms with Gasteiger partial charge in [0.2, 0.25) is 0 Å². The van der Waals surface area contributed by atoms with Crippen molar-refractivity contribution in [2.24, 2.45) is 0 Å². The Labute approximate surface area is 128 Å². The molecular weight excluding hydrogens is 260 g/mol. The van der Waals surface area contributed by atoms with Gasteiger partial charge in [-0.05, 0) is 18.9 Å². The molecule has 0 amide bonds. The molecular formula is C18H28N2O. The third-order valence-electron chi connectivity index (χ3n) is 5.08. The number of nitrogens with zero attached hydrogens (tertiary/aromatic N) is 2. The van der Waals surface area contributed by atoms with Crippen LogP contribution in [0.15, 0.2) is 24.3 Å². The number of methoxy groups -OCH3 is 1. The molecule has 1 aromatic rings. The van der Waals surface area contributed by atoms with Crippen molar-refractivity contribution in [3.05, 3.63) is 29.8 Å². The number of ether oxygens (including phenoxy) is 1. The number of benzene rings is 1. The fraction of sp³-hybridized carbons (Fsp3) is 0.667. The second-order valence-corrected chi connectivity index (χ2v) is 6.42. The summed E-state index contributed by atoms with van der Waals surface area (Å²) in [5, 5.41) is 0. The first-order chi connectivity index (χ1) is 10.4. The number of para-hydroxylation sites is 1. The maximum Gasteiger partial charge on any atom is 0.123 e. The fourth-order valence-electron chi connectivity index (χ4n) is 3.81. The van der Waals surface area contributed by atoms with E-state index in [1.807, 2.05) is 6.07 Å². The second kappa shape index (κ2) is 7.28. The van der Waals surface area contributed by atoms with Crippen molar-refractivity contribution in [3.63, 3.8) is 0 Å². The third kappa shape index (κ3) is 3.78. The molecule has 3 nitrogen and oxygen atoms in total. The summed E-state index contributed by atoms with van der Waals surface area (Å²) >= 11 is 0. The van der Waals surface area contributed by atoms with Crippen LogP contribution in [0.2, 0.25) is 0 Å². The van der Waals surface area contributed by atoms with Crippen molar-refractivity contribution in [2.45, 2.75) is 44.7 Å². The largest absolute Gasteiger partial charge is 0.496 e. The zero-order valence-corrected chi connectivity index (χ0v) is 13.3. The fourth-order valence-corrected chi connectivity index (χ4v) is 3.81. The van der Waals surface area contributed by atoms with Crippen molar-refractivity contribution in [2.75, 3.05) is 33.3 Å². The van der Waals surface area contributed by atoms with Gasteiger partial charge in [-0.3, -0.25) is 9.80 Å². The van der Waals surface area contributed by atoms with Crippen LogP contribution in [0, 0.1) is 0 Å². The lowest BCUT2D eigenvalue weighted by Gasteiger charge is -2.40. The van der Waals surface area contributed by atoms with E-state index < -0.39 is 0 Å². The molecule has 2 aliphatic rings. The van der Waals surface area contributed by atoms with Crippen LogP contribution in [0.4, 0.5) is 0 Å². The molecule has 0 atom stereocenters. The standard InChI is InChI=1S/C18H28N2O/c1-21-18-10-6-5-7-16(18)15-19-11-13-20(14-12-19)17-8-3-2-4-9-17/h5-7,10,17H,2-4,8-9,11-15H2,1H3. The van der Waals surface area contributed by atoms with Crippen molar-refractivity contribution in [1.29, 1.82) is 0 Å². The van der Waals surface area contributed by atoms with E-state index >= 15 is 0 Å². The van der Waals surface area contributed by atoms with Gasteiger partial charge in [-0.25, -0.2) is 0 Å². The first-order valence-corrected chi connectivity index (χ1v) is 8.45. The van der Waals surface area contributed by atoms with Crippen LogP contribution < -0.4 is 4.74 Å². The van der Waals surface area contributed by atoms with E-state index in [1.54, 1.807) is 7.11 Å². The second-order valence-electron chi connectivity index (χ2n) is 6.42. The van der Waals surface area contributed by atoms with Gasteiger partial charge in [-0.1, -0.05) is 37.5 Å². The smallest absolute Gasteiger partial charge is 0.123 e. The molecule has 1 saturated carbocycles. The van der Waals surface area contributed by atoms with Gasteiger partial charge < -0.3 is 4.74 Å². The van der Waals surface area contributed by atoms with Gasteiger partial charge in [-0.15, -0.1) is 0 Å². The highest BCUT2D eigenvalue weighted by Crippen LogP contribution is 2.24. The Morgan fingerprint density at radius 1 is 1.00 bits per heavy atom. The number of piperazine rings is 1. The molecule has 3 heteroatoms. The lowest BCUT2D eigenvalue weighted by Crippen LogP contribution is -2.50. The molecule has 1 aliphatic heterocycles. The highest BCUT2D eigenvalue weighted by Gasteiger charge is 2.25. The number of hydrogen-bond acceptors (Lipinski definition) is 3. The van der Waals surface area contributed by atoms with Gasteiger partial charge in [0, 0.05) is 44.3 Å². The van der Waals surface area contributed by atoms with Gasteiger partial charge in [0.25, 0.3) is 0 Å². The van der Waals surface area contributed by atoms with Crippen LogP contribution in [0.1, 0.15) is 37.7 Å². The Hall–Kier alpha value is -1.06. The zero-order chi connectivity index (χ0) is 14.5. The molecule has 0 aromatic heterocycles. The number of rotatable bonds is 4. The minimum atomic E-state index is 0.868. The Morgan fingerprint density at radius 2 is 1.71 bits per heavy atom. The molecule has 1 saturated heterocycles. The first kappa shape index (κ1) is 14.9. The molecule has 0 radical (unpaired) electrons. The van der Waals surface area contributed by atoms with E-state index in [-0.39, 0.29) is 0 Å². The summed E-state index contributed by atoms with van der Waals surface area (Å²) in [7, 11) is 1.76. The third-order valence-corrected chi connectivity index (χ3v) is 5.08. The van der Waals surface area contributed by atoms with Gasteiger partial charge in [-0.2, -0.15) is 0 Å². The van der Waals surface area contributed by atoms with Gasteiger partial charge in [0.1, 0.15) is 5.75 Å². The van der Waals surface area contributed by atoms with Crippen LogP contribution in [0.5, 0.6) is 5.75 Å². The zero-order valence-electron chi connectivity index (χ0n) is 13.3. The van der Waals surface area contributed by atoms with E-state index in [2.05, 4.69) is 28.0 Å². The van der Waals surface area contributed by atoms with E-state index in [0.717, 1.165) is 18.3 Å². The highest BCUT2D eigenvalue weighted by molar-refractivity contribution is 5.33. The lowest BCUT2D eigenvalue weighted by atomic mass is 9.94. The van der Waals surface area contributed by atoms with Gasteiger partial charge in [0.05, 0.1) is 7.11 Å². The molecule has 1 aromatic carbocycles. The number of hydrogen-bond donors (Lipinski definition) is 0. The Kier molecular flexibility index (Phi) is 5.15. The predicted octanol–water partition coefficient (Wildman–Crippen LogP) is 3.15. The minimum Gasteiger partial charge on any atom is -0.496 e. The predicted molar refractivity (Wildman–Crippen MR) is 86.7 cm³/mol. The molecule has 2 fully saturated rings. The summed E-state index contributed by atoms with van der Waals surface area (Å²) in [6.45, 7) is 5.87. The van der Waals surface area contributed by atoms with Crippen molar-refractivity contribution in [1.82, 2.24) is 9.80 Å². The van der Waals surface area contributed by atoms with Gasteiger partial charge >= 0.3 is 0 Å². The monoisotopic (exact) mass is 288 g/mol. The SMILES string of the molecule is COc1ccccc1CN1CCN(C2CCCCC2)CC1. The molecule has 0 N–H and O–H groups in total. The van der Waals surface area contributed by atoms with Crippen LogP contribution >= 0.6 is 0 Å². The van der Waals surface area contributed by atoms with E-state index in [9.17, 15) is 0 Å². The Balaban J connectivity index is 1.51. The van der Waals surface area contributed by atoms with Crippen LogP contribution in [0.25, 0.3) is 0 Å². The molecule has 0 bridgehead atoms. The molecule has 116 valence electrons. The summed E-state index contributed by atoms with van der Waals surface area (Å²) < 4.78 is 5.47. The summed E-state index contributed by atoms with van der Waals surface area (Å²) in [5.41, 5.74) is 1.31. The van der Waals surface area contributed by atoms with Crippen molar-refractivity contribution < 1.29 is 4.74 Å². The molecule has 0 unspecified atom stereocenters. The topological polar surface area (TPSA) is 15.7 Å². The Morgan fingerprint density at radius 3 is 2.43 bits per heavy atom. The Bertz CT molecular complexity index is 435. The summed E-state index contributed by atoms with van der Waals surface area (Å²) in [5.74, 6) is 1.02. The van der Waals surface area contributed by atoms with Crippen LogP contribution in [0.3, 0.4) is 0 Å². The first-order valence-electron chi connectivity index (χ1n) is 8.45. The minimum absolute atomic E-state index is 0.868. The maximum absolute atomic E-state index is 5.47. The van der Waals surface area contributed by atoms with Crippen molar-refractivity contribution >= 4 is 0 Å². The van der Waals surface area contributed by atoms with Crippen molar-refractivity contribution in [3.8, 4) is 5.75 Å². The van der Waals surface area contributed by atoms with Crippen LogP contribution in [-0.4, -0.2) is 49.1 Å². The summed E-state index contributed by atoms with van der Waals surface area (Å²) in [4.78, 5) is 5.30. The average Bonchev–Trinajstić information content (AvgIpc) is 2.57. The van der Waals surface area contributed by atoms with E-state index in [4.69, 9.17) is 4.74 Å². The molecule has 21 heavy (non-hydrogen) atoms. The van der Waals surface area contributed by atoms with Crippen LogP contribution in [-0.2, 0) is 6.54 Å². The quantitative estimate of drug-likeness (QED) is 0.846. The molecule has 1 heterocycles. The lowest BCUT2D eigenvalue weighted by molar-refractivity contribution is 0.0751. The summed E-state index contributed by atoms with van der Waals surface area (Å²) in [6, 6.07) is 9.27. The molecule has 0 spiro atoms. The van der Waals surface area contributed by atoms with Gasteiger partial charge in [0.15, 0.2) is 0 Å². The van der Waals surface area contributed by atoms with E-state index in [1.165, 1.54) is 63.8 Å². The van der Waals surface area contributed by atoms with E-state index in [0.29, 0.717) is 0 Å². The average molecular weight is 288 g/mol.